The summed E-state index contributed by atoms with van der Waals surface area (Å²) in [5.74, 6) is -0.141. The highest BCUT2D eigenvalue weighted by Gasteiger charge is 2.31. The Balaban J connectivity index is 0.00000242. The van der Waals surface area contributed by atoms with Crippen LogP contribution in [0.1, 0.15) is 31.9 Å². The van der Waals surface area contributed by atoms with Gasteiger partial charge in [0.25, 0.3) is 0 Å². The number of pyridine rings is 1. The second-order valence-corrected chi connectivity index (χ2v) is 6.16. The van der Waals surface area contributed by atoms with Crippen molar-refractivity contribution in [3.05, 3.63) is 30.1 Å². The van der Waals surface area contributed by atoms with Gasteiger partial charge in [-0.05, 0) is 44.5 Å². The van der Waals surface area contributed by atoms with Gasteiger partial charge in [0, 0.05) is 38.1 Å². The van der Waals surface area contributed by atoms with Crippen LogP contribution in [0.15, 0.2) is 24.5 Å². The number of ether oxygens (including phenoxy) is 1. The van der Waals surface area contributed by atoms with Crippen molar-refractivity contribution in [3.8, 4) is 0 Å². The van der Waals surface area contributed by atoms with E-state index in [0.29, 0.717) is 6.04 Å². The summed E-state index contributed by atoms with van der Waals surface area (Å²) in [7, 11) is 1.45. The number of aromatic nitrogens is 1. The van der Waals surface area contributed by atoms with E-state index >= 15 is 0 Å². The molecule has 0 spiro atoms. The second-order valence-electron chi connectivity index (χ2n) is 6.16. The van der Waals surface area contributed by atoms with Crippen LogP contribution in [0.5, 0.6) is 0 Å². The molecular weight excluding hydrogens is 302 g/mol. The van der Waals surface area contributed by atoms with Gasteiger partial charge in [-0.25, -0.2) is 0 Å². The third-order valence-corrected chi connectivity index (χ3v) is 4.21. The van der Waals surface area contributed by atoms with Crippen molar-refractivity contribution in [2.45, 2.75) is 26.3 Å². The molecular formula is C16H26ClN3O2. The van der Waals surface area contributed by atoms with Gasteiger partial charge in [0.2, 0.25) is 0 Å². The number of hydrogen-bond acceptors (Lipinski definition) is 5. The molecule has 1 N–H and O–H groups in total. The van der Waals surface area contributed by atoms with E-state index in [0.717, 1.165) is 32.6 Å². The van der Waals surface area contributed by atoms with Crippen LogP contribution in [0, 0.1) is 5.41 Å². The van der Waals surface area contributed by atoms with Crippen molar-refractivity contribution in [3.63, 3.8) is 0 Å². The first kappa shape index (κ1) is 18.9. The Morgan fingerprint density at radius 2 is 2.14 bits per heavy atom. The molecule has 5 nitrogen and oxygen atoms in total. The third-order valence-electron chi connectivity index (χ3n) is 4.21. The predicted molar refractivity (Wildman–Crippen MR) is 89.1 cm³/mol. The van der Waals surface area contributed by atoms with Crippen LogP contribution in [-0.4, -0.2) is 49.1 Å². The maximum Gasteiger partial charge on any atom is 0.311 e. The number of nitrogens with one attached hydrogen (secondary N) is 1. The molecule has 2 heterocycles. The molecule has 0 amide bonds. The van der Waals surface area contributed by atoms with E-state index in [-0.39, 0.29) is 18.4 Å². The number of piperazine rings is 1. The molecule has 0 aliphatic carbocycles. The monoisotopic (exact) mass is 327 g/mol. The number of methoxy groups -OCH3 is 1. The molecule has 0 saturated carbocycles. The first-order chi connectivity index (χ1) is 10.0. The molecule has 1 aromatic rings. The highest BCUT2D eigenvalue weighted by molar-refractivity contribution is 5.85. The van der Waals surface area contributed by atoms with Crippen molar-refractivity contribution in [1.82, 2.24) is 15.2 Å². The molecule has 1 aliphatic rings. The highest BCUT2D eigenvalue weighted by Crippen LogP contribution is 2.27. The lowest BCUT2D eigenvalue weighted by atomic mass is 9.88. The molecule has 1 unspecified atom stereocenters. The minimum Gasteiger partial charge on any atom is -0.469 e. The number of halogens is 1. The van der Waals surface area contributed by atoms with E-state index in [1.165, 1.54) is 12.7 Å². The Morgan fingerprint density at radius 3 is 2.77 bits per heavy atom. The molecule has 1 saturated heterocycles. The van der Waals surface area contributed by atoms with Crippen molar-refractivity contribution in [1.29, 1.82) is 0 Å². The Bertz CT molecular complexity index is 468. The summed E-state index contributed by atoms with van der Waals surface area (Å²) in [6.45, 7) is 7.69. The van der Waals surface area contributed by atoms with Gasteiger partial charge in [0.1, 0.15) is 0 Å². The van der Waals surface area contributed by atoms with Gasteiger partial charge in [-0.15, -0.1) is 12.4 Å². The maximum atomic E-state index is 11.8. The molecule has 0 bridgehead atoms. The van der Waals surface area contributed by atoms with Crippen LogP contribution >= 0.6 is 12.4 Å². The SMILES string of the molecule is COC(=O)C(C)(C)CCN1CCNCC1c1ccncc1.Cl. The number of nitrogens with zero attached hydrogens (tertiary/aromatic N) is 2. The summed E-state index contributed by atoms with van der Waals surface area (Å²) in [5.41, 5.74) is 0.829. The normalized spacial score (nSPS) is 19.3. The largest absolute Gasteiger partial charge is 0.469 e. The van der Waals surface area contributed by atoms with Crippen LogP contribution in [-0.2, 0) is 9.53 Å². The molecule has 1 aliphatic heterocycles. The second kappa shape index (κ2) is 8.46. The van der Waals surface area contributed by atoms with Crippen LogP contribution in [0.3, 0.4) is 0 Å². The van der Waals surface area contributed by atoms with Gasteiger partial charge in [0.15, 0.2) is 0 Å². The van der Waals surface area contributed by atoms with E-state index in [2.05, 4.69) is 27.3 Å². The Hall–Kier alpha value is -1.17. The molecule has 0 aromatic carbocycles. The fraction of sp³-hybridized carbons (Fsp3) is 0.625. The standard InChI is InChI=1S/C16H25N3O2.ClH/c1-16(2,15(20)21-3)6-10-19-11-9-18-12-14(19)13-4-7-17-8-5-13;/h4-5,7-8,14,18H,6,9-12H2,1-3H3;1H. The van der Waals surface area contributed by atoms with Crippen LogP contribution in [0.4, 0.5) is 0 Å². The fourth-order valence-corrected chi connectivity index (χ4v) is 2.73. The third kappa shape index (κ3) is 4.66. The van der Waals surface area contributed by atoms with Crippen molar-refractivity contribution in [2.75, 3.05) is 33.3 Å². The summed E-state index contributed by atoms with van der Waals surface area (Å²) in [6, 6.07) is 4.47. The van der Waals surface area contributed by atoms with Crippen molar-refractivity contribution >= 4 is 18.4 Å². The van der Waals surface area contributed by atoms with Gasteiger partial charge in [-0.2, -0.15) is 0 Å². The van der Waals surface area contributed by atoms with Gasteiger partial charge in [-0.1, -0.05) is 0 Å². The van der Waals surface area contributed by atoms with E-state index < -0.39 is 5.41 Å². The number of carbonyl (C=O) groups is 1. The van der Waals surface area contributed by atoms with E-state index in [1.54, 1.807) is 0 Å². The highest BCUT2D eigenvalue weighted by atomic mass is 35.5. The number of rotatable bonds is 5. The lowest BCUT2D eigenvalue weighted by Crippen LogP contribution is -2.47. The van der Waals surface area contributed by atoms with Crippen molar-refractivity contribution in [2.24, 2.45) is 5.41 Å². The summed E-state index contributed by atoms with van der Waals surface area (Å²) >= 11 is 0. The van der Waals surface area contributed by atoms with Gasteiger partial charge < -0.3 is 10.1 Å². The number of carbonyl (C=O) groups excluding carboxylic acids is 1. The van der Waals surface area contributed by atoms with Crippen LogP contribution < -0.4 is 5.32 Å². The zero-order valence-electron chi connectivity index (χ0n) is 13.5. The zero-order chi connectivity index (χ0) is 15.3. The molecule has 0 radical (unpaired) electrons. The van der Waals surface area contributed by atoms with Crippen molar-refractivity contribution < 1.29 is 9.53 Å². The average Bonchev–Trinajstić information content (AvgIpc) is 2.53. The summed E-state index contributed by atoms with van der Waals surface area (Å²) in [6.07, 6.45) is 4.46. The van der Waals surface area contributed by atoms with E-state index in [9.17, 15) is 4.79 Å². The predicted octanol–water partition coefficient (Wildman–Crippen LogP) is 2.04. The Morgan fingerprint density at radius 1 is 1.45 bits per heavy atom. The molecule has 1 aromatic heterocycles. The zero-order valence-corrected chi connectivity index (χ0v) is 14.4. The summed E-state index contributed by atoms with van der Waals surface area (Å²) in [5, 5.41) is 3.44. The lowest BCUT2D eigenvalue weighted by Gasteiger charge is -2.38. The quantitative estimate of drug-likeness (QED) is 0.839. The van der Waals surface area contributed by atoms with Gasteiger partial charge in [-0.3, -0.25) is 14.7 Å². The summed E-state index contributed by atoms with van der Waals surface area (Å²) in [4.78, 5) is 18.3. The fourth-order valence-electron chi connectivity index (χ4n) is 2.73. The van der Waals surface area contributed by atoms with E-state index in [1.807, 2.05) is 26.2 Å². The first-order valence-electron chi connectivity index (χ1n) is 7.48. The molecule has 22 heavy (non-hydrogen) atoms. The topological polar surface area (TPSA) is 54.5 Å². The van der Waals surface area contributed by atoms with Crippen LogP contribution in [0.25, 0.3) is 0 Å². The summed E-state index contributed by atoms with van der Waals surface area (Å²) < 4.78 is 4.89. The lowest BCUT2D eigenvalue weighted by molar-refractivity contribution is -0.151. The molecule has 1 fully saturated rings. The minimum absolute atomic E-state index is 0. The molecule has 6 heteroatoms. The maximum absolute atomic E-state index is 11.8. The van der Waals surface area contributed by atoms with Gasteiger partial charge >= 0.3 is 5.97 Å². The molecule has 1 atom stereocenters. The van der Waals surface area contributed by atoms with Crippen LogP contribution in [0.2, 0.25) is 0 Å². The minimum atomic E-state index is -0.442. The molecule has 124 valence electrons. The Kier molecular flexibility index (Phi) is 7.26. The number of esters is 1. The smallest absolute Gasteiger partial charge is 0.311 e. The average molecular weight is 328 g/mol. The molecule has 2 rings (SSSR count). The van der Waals surface area contributed by atoms with Gasteiger partial charge in [0.05, 0.1) is 12.5 Å². The number of hydrogen-bond donors (Lipinski definition) is 1. The Labute approximate surface area is 138 Å². The van der Waals surface area contributed by atoms with E-state index in [4.69, 9.17) is 4.74 Å². The first-order valence-corrected chi connectivity index (χ1v) is 7.48.